The van der Waals surface area contributed by atoms with Crippen molar-refractivity contribution in [2.75, 3.05) is 49.6 Å². The second-order valence-corrected chi connectivity index (χ2v) is 17.8. The molecule has 64 heavy (non-hydrogen) atoms. The summed E-state index contributed by atoms with van der Waals surface area (Å²) >= 11 is 0. The maximum absolute atomic E-state index is 15.4. The Kier molecular flexibility index (Phi) is 10.9. The molecule has 4 bridgehead atoms. The zero-order valence-corrected chi connectivity index (χ0v) is 36.0. The molecule has 2 aromatic carbocycles. The fourth-order valence-corrected chi connectivity index (χ4v) is 10.3. The number of carbonyl (C=O) groups excluding carboxylic acids is 4. The van der Waals surface area contributed by atoms with Crippen LogP contribution in [0.25, 0.3) is 22.3 Å². The largest absolute Gasteiger partial charge is 0.475 e. The first-order chi connectivity index (χ1) is 30.9. The molecule has 3 aromatic heterocycles. The minimum atomic E-state index is -1.07. The summed E-state index contributed by atoms with van der Waals surface area (Å²) in [5, 5.41) is 9.61. The maximum Gasteiger partial charge on any atom is 0.258 e. The summed E-state index contributed by atoms with van der Waals surface area (Å²) in [5.41, 5.74) is 5.05. The average Bonchev–Trinajstić information content (AvgIpc) is 4.03. The number of rotatable bonds is 5. The molecule has 0 radical (unpaired) electrons. The molecule has 18 heteroatoms. The predicted molar refractivity (Wildman–Crippen MR) is 231 cm³/mol. The summed E-state index contributed by atoms with van der Waals surface area (Å²) in [7, 11) is 1.80. The molecule has 5 aliphatic rings. The Hall–Kier alpha value is -6.27. The van der Waals surface area contributed by atoms with Crippen molar-refractivity contribution in [1.82, 2.24) is 39.4 Å². The molecule has 0 aliphatic carbocycles. The monoisotopic (exact) mass is 876 g/mol. The minimum absolute atomic E-state index is 0.0190. The molecule has 0 spiro atoms. The van der Waals surface area contributed by atoms with Gasteiger partial charge in [0.2, 0.25) is 29.5 Å². The molecule has 16 nitrogen and oxygen atoms in total. The lowest BCUT2D eigenvalue weighted by atomic mass is 9.89. The number of hydrogen-bond acceptors (Lipinski definition) is 11. The Morgan fingerprint density at radius 2 is 1.69 bits per heavy atom. The number of hydrogen-bond donors (Lipinski definition) is 2. The predicted octanol–water partition coefficient (Wildman–Crippen LogP) is 4.69. The molecular formula is C46H50F2N10O6. The van der Waals surface area contributed by atoms with Crippen LogP contribution in [-0.4, -0.2) is 115 Å². The number of imidazole rings is 1. The number of carbonyl (C=O) groups is 4. The molecular weight excluding hydrogens is 827 g/mol. The number of ether oxygens (including phenoxy) is 2. The zero-order chi connectivity index (χ0) is 44.4. The molecule has 2 N–H and O–H groups in total. The summed E-state index contributed by atoms with van der Waals surface area (Å²) in [6.07, 6.45) is 4.00. The molecule has 5 atom stereocenters. The average molecular weight is 877 g/mol. The number of pyridine rings is 1. The number of nitrogens with zero attached hydrogens (tertiary/aromatic N) is 8. The van der Waals surface area contributed by atoms with Crippen LogP contribution in [0.2, 0.25) is 0 Å². The molecule has 5 aliphatic heterocycles. The van der Waals surface area contributed by atoms with Crippen molar-refractivity contribution in [2.45, 2.75) is 83.1 Å². The van der Waals surface area contributed by atoms with Crippen LogP contribution in [0.3, 0.4) is 0 Å². The van der Waals surface area contributed by atoms with Crippen molar-refractivity contribution in [3.05, 3.63) is 82.7 Å². The highest BCUT2D eigenvalue weighted by atomic mass is 19.1. The number of aromatic nitrogens is 5. The number of nitrogens with one attached hydrogen (secondary N) is 2. The van der Waals surface area contributed by atoms with Crippen molar-refractivity contribution in [1.29, 1.82) is 0 Å². The molecule has 5 aromatic rings. The minimum Gasteiger partial charge on any atom is -0.475 e. The molecule has 10 rings (SSSR count). The quantitative estimate of drug-likeness (QED) is 0.235. The zero-order valence-electron chi connectivity index (χ0n) is 36.0. The van der Waals surface area contributed by atoms with Gasteiger partial charge in [-0.25, -0.2) is 18.4 Å². The van der Waals surface area contributed by atoms with Gasteiger partial charge in [0.25, 0.3) is 5.91 Å². The summed E-state index contributed by atoms with van der Waals surface area (Å²) in [5.74, 6) is -3.50. The fourth-order valence-electron chi connectivity index (χ4n) is 10.3. The Bertz CT molecular complexity index is 2660. The third-order valence-electron chi connectivity index (χ3n) is 13.4. The van der Waals surface area contributed by atoms with E-state index < -0.39 is 29.4 Å². The van der Waals surface area contributed by atoms with Crippen LogP contribution < -0.4 is 20.3 Å². The summed E-state index contributed by atoms with van der Waals surface area (Å²) < 4.78 is 46.7. The number of piperidine rings is 1. The molecule has 2 unspecified atom stereocenters. The van der Waals surface area contributed by atoms with Crippen molar-refractivity contribution < 1.29 is 37.4 Å². The first kappa shape index (κ1) is 41.7. The smallest absolute Gasteiger partial charge is 0.258 e. The van der Waals surface area contributed by atoms with Gasteiger partial charge >= 0.3 is 0 Å². The van der Waals surface area contributed by atoms with Gasteiger partial charge in [0.1, 0.15) is 18.2 Å². The van der Waals surface area contributed by atoms with Gasteiger partial charge in [-0.2, -0.15) is 5.10 Å². The van der Waals surface area contributed by atoms with E-state index in [2.05, 4.69) is 37.7 Å². The van der Waals surface area contributed by atoms with Crippen LogP contribution in [0.1, 0.15) is 72.1 Å². The lowest BCUT2D eigenvalue weighted by molar-refractivity contribution is -0.138. The van der Waals surface area contributed by atoms with Gasteiger partial charge in [-0.15, -0.1) is 0 Å². The second kappa shape index (κ2) is 16.7. The van der Waals surface area contributed by atoms with E-state index in [0.29, 0.717) is 98.9 Å². The van der Waals surface area contributed by atoms with Crippen molar-refractivity contribution in [3.63, 3.8) is 0 Å². The Morgan fingerprint density at radius 3 is 2.45 bits per heavy atom. The van der Waals surface area contributed by atoms with Crippen LogP contribution >= 0.6 is 0 Å². The third kappa shape index (κ3) is 7.86. The lowest BCUT2D eigenvalue weighted by Gasteiger charge is -2.42. The number of aryl methyl sites for hydroxylation is 2. The normalized spacial score (nSPS) is 24.1. The number of benzene rings is 2. The van der Waals surface area contributed by atoms with E-state index in [9.17, 15) is 19.2 Å². The SMILES string of the molecule is Cc1cc2cc(n1)-c1cnn(C)c1OCCO[C@@H](C)Cn1c(nc3ccc(CN4C5CCC4CN(C(=O)[C@@H]4CCN(c6cc(F)c([C@H]7CCC(=O)NC7=O)c(F)c6)C4)C5)cc31)NC2=O. The number of amides is 4. The van der Waals surface area contributed by atoms with Crippen molar-refractivity contribution >= 4 is 46.3 Å². The molecule has 4 amide bonds. The van der Waals surface area contributed by atoms with Crippen LogP contribution in [0.15, 0.2) is 48.7 Å². The summed E-state index contributed by atoms with van der Waals surface area (Å²) in [4.78, 5) is 67.8. The number of imide groups is 1. The molecule has 0 saturated carbocycles. The van der Waals surface area contributed by atoms with Crippen molar-refractivity contribution in [2.24, 2.45) is 13.0 Å². The van der Waals surface area contributed by atoms with Gasteiger partial charge in [0.15, 0.2) is 0 Å². The highest BCUT2D eigenvalue weighted by molar-refractivity contribution is 6.05. The van der Waals surface area contributed by atoms with Gasteiger partial charge in [0.05, 0.1) is 59.6 Å². The van der Waals surface area contributed by atoms with E-state index in [1.54, 1.807) is 30.1 Å². The van der Waals surface area contributed by atoms with E-state index in [4.69, 9.17) is 14.5 Å². The van der Waals surface area contributed by atoms with E-state index in [1.165, 1.54) is 12.1 Å². The highest BCUT2D eigenvalue weighted by Gasteiger charge is 2.43. The second-order valence-electron chi connectivity index (χ2n) is 17.8. The maximum atomic E-state index is 15.4. The molecule has 8 heterocycles. The van der Waals surface area contributed by atoms with Crippen molar-refractivity contribution in [3.8, 4) is 17.1 Å². The summed E-state index contributed by atoms with van der Waals surface area (Å²) in [6.45, 7) is 7.57. The van der Waals surface area contributed by atoms with E-state index in [-0.39, 0.29) is 54.3 Å². The lowest BCUT2D eigenvalue weighted by Crippen LogP contribution is -2.56. The number of anilines is 2. The van der Waals surface area contributed by atoms with Gasteiger partial charge in [-0.05, 0) is 81.5 Å². The Balaban J connectivity index is 0.825. The molecule has 4 fully saturated rings. The van der Waals surface area contributed by atoms with Crippen LogP contribution in [0.4, 0.5) is 20.4 Å². The standard InChI is InChI=1S/C46H50F2N10O6/c1-25-14-29-16-38(50-25)34-19-49-54(3)45(34)64-13-12-63-26(2)20-58-39-15-27(4-8-37(39)51-46(58)53-42(29)60)21-57-30-5-6-31(57)24-56(23-30)44(62)28-10-11-55(22-28)32-17-35(47)41(36(48)18-32)33-7-9-40(59)52-43(33)61/h4,8,14-19,26,28,30-31,33H,5-7,9-13,20-24H2,1-3H3,(H,51,53,60)(H,52,59,61)/t26-,28+,30?,31?,33+/m0/s1. The van der Waals surface area contributed by atoms with Crippen LogP contribution in [0.5, 0.6) is 5.88 Å². The Morgan fingerprint density at radius 1 is 0.906 bits per heavy atom. The van der Waals surface area contributed by atoms with Crippen LogP contribution in [0, 0.1) is 24.5 Å². The van der Waals surface area contributed by atoms with E-state index >= 15 is 8.78 Å². The summed E-state index contributed by atoms with van der Waals surface area (Å²) in [6, 6.07) is 12.5. The molecule has 4 saturated heterocycles. The van der Waals surface area contributed by atoms with Crippen LogP contribution in [-0.2, 0) is 39.3 Å². The highest BCUT2D eigenvalue weighted by Crippen LogP contribution is 2.37. The fraction of sp³-hybridized carbons (Fsp3) is 0.457. The number of likely N-dealkylation sites (tertiary alicyclic amines) is 1. The first-order valence-electron chi connectivity index (χ1n) is 22.0. The third-order valence-corrected chi connectivity index (χ3v) is 13.4. The topological polar surface area (TPSA) is 169 Å². The van der Waals surface area contributed by atoms with Gasteiger partial charge in [-0.1, -0.05) is 6.07 Å². The van der Waals surface area contributed by atoms with E-state index in [1.807, 2.05) is 34.3 Å². The van der Waals surface area contributed by atoms with Gasteiger partial charge in [-0.3, -0.25) is 39.7 Å². The molecule has 334 valence electrons. The van der Waals surface area contributed by atoms with Gasteiger partial charge < -0.3 is 23.8 Å². The Labute approximate surface area is 367 Å². The number of halogens is 2. The van der Waals surface area contributed by atoms with Gasteiger partial charge in [0, 0.05) is 80.8 Å². The first-order valence-corrected chi connectivity index (χ1v) is 22.0. The van der Waals surface area contributed by atoms with E-state index in [0.717, 1.165) is 29.4 Å². The number of fused-ring (bicyclic) bond motifs is 9. The number of piperazine rings is 1.